The number of esters is 1. The average molecular weight is 313 g/mol. The molecule has 2 rings (SSSR count). The van der Waals surface area contributed by atoms with E-state index in [-0.39, 0.29) is 13.2 Å². The third-order valence-electron chi connectivity index (χ3n) is 3.12. The maximum atomic E-state index is 11.8. The van der Waals surface area contributed by atoms with Crippen molar-refractivity contribution in [2.75, 3.05) is 0 Å². The van der Waals surface area contributed by atoms with Gasteiger partial charge in [-0.3, -0.25) is 0 Å². The number of amides is 1. The molecule has 0 radical (unpaired) electrons. The number of hydrogen-bond acceptors (Lipinski definition) is 4. The zero-order valence-electron chi connectivity index (χ0n) is 12.9. The molecule has 1 N–H and O–H groups in total. The number of hydrogen-bond donors (Lipinski definition) is 1. The monoisotopic (exact) mass is 313 g/mol. The van der Waals surface area contributed by atoms with Gasteiger partial charge in [0.2, 0.25) is 0 Å². The Kier molecular flexibility index (Phi) is 6.17. The van der Waals surface area contributed by atoms with Gasteiger partial charge in [-0.15, -0.1) is 0 Å². The molecular formula is C18H19NO4. The minimum Gasteiger partial charge on any atom is -0.459 e. The Bertz CT molecular complexity index is 628. The first-order valence-electron chi connectivity index (χ1n) is 7.33. The van der Waals surface area contributed by atoms with Crippen LogP contribution in [0.1, 0.15) is 18.1 Å². The van der Waals surface area contributed by atoms with Gasteiger partial charge in [0.1, 0.15) is 19.3 Å². The van der Waals surface area contributed by atoms with Crippen LogP contribution in [0.4, 0.5) is 4.79 Å². The first-order chi connectivity index (χ1) is 11.1. The zero-order chi connectivity index (χ0) is 16.5. The highest BCUT2D eigenvalue weighted by molar-refractivity contribution is 5.80. The predicted molar refractivity (Wildman–Crippen MR) is 85.5 cm³/mol. The summed E-state index contributed by atoms with van der Waals surface area (Å²) in [6, 6.07) is 17.9. The summed E-state index contributed by atoms with van der Waals surface area (Å²) in [5.74, 6) is -0.509. The average Bonchev–Trinajstić information content (AvgIpc) is 2.59. The normalized spacial score (nSPS) is 11.3. The predicted octanol–water partition coefficient (Wildman–Crippen LogP) is 3.04. The molecule has 0 saturated heterocycles. The fourth-order valence-corrected chi connectivity index (χ4v) is 1.85. The molecule has 1 atom stereocenters. The van der Waals surface area contributed by atoms with Crippen LogP contribution in [0.15, 0.2) is 60.7 Å². The van der Waals surface area contributed by atoms with E-state index in [1.54, 1.807) is 6.92 Å². The van der Waals surface area contributed by atoms with Crippen molar-refractivity contribution >= 4 is 12.1 Å². The Hall–Kier alpha value is -2.82. The Labute approximate surface area is 135 Å². The maximum absolute atomic E-state index is 11.8. The van der Waals surface area contributed by atoms with Crippen molar-refractivity contribution in [3.8, 4) is 0 Å². The van der Waals surface area contributed by atoms with E-state index in [1.165, 1.54) is 0 Å². The molecule has 2 aromatic carbocycles. The van der Waals surface area contributed by atoms with Gasteiger partial charge in [0.15, 0.2) is 0 Å². The van der Waals surface area contributed by atoms with Crippen LogP contribution in [-0.2, 0) is 27.5 Å². The third kappa shape index (κ3) is 5.82. The first-order valence-corrected chi connectivity index (χ1v) is 7.33. The summed E-state index contributed by atoms with van der Waals surface area (Å²) < 4.78 is 10.2. The molecule has 2 aromatic rings. The van der Waals surface area contributed by atoms with Gasteiger partial charge in [0, 0.05) is 0 Å². The van der Waals surface area contributed by atoms with Crippen molar-refractivity contribution < 1.29 is 19.1 Å². The first kappa shape index (κ1) is 16.5. The minimum absolute atomic E-state index is 0.151. The highest BCUT2D eigenvalue weighted by Crippen LogP contribution is 2.03. The van der Waals surface area contributed by atoms with Gasteiger partial charge < -0.3 is 14.8 Å². The fourth-order valence-electron chi connectivity index (χ4n) is 1.85. The van der Waals surface area contributed by atoms with Crippen LogP contribution in [0.3, 0.4) is 0 Å². The summed E-state index contributed by atoms with van der Waals surface area (Å²) in [4.78, 5) is 23.5. The molecule has 1 amide bonds. The minimum atomic E-state index is -0.776. The summed E-state index contributed by atoms with van der Waals surface area (Å²) in [6.45, 7) is 1.88. The zero-order valence-corrected chi connectivity index (χ0v) is 12.9. The molecule has 0 aliphatic carbocycles. The molecule has 0 fully saturated rings. The summed E-state index contributed by atoms with van der Waals surface area (Å²) in [5, 5.41) is 2.45. The van der Waals surface area contributed by atoms with Crippen LogP contribution in [0, 0.1) is 0 Å². The number of carbonyl (C=O) groups excluding carboxylic acids is 2. The summed E-state index contributed by atoms with van der Waals surface area (Å²) in [5.41, 5.74) is 1.77. The number of ether oxygens (including phenoxy) is 2. The molecule has 0 aromatic heterocycles. The van der Waals surface area contributed by atoms with Gasteiger partial charge in [0.25, 0.3) is 0 Å². The lowest BCUT2D eigenvalue weighted by Crippen LogP contribution is -2.39. The standard InChI is InChI=1S/C18H19NO4/c1-14(17(20)22-12-15-8-4-2-5-9-15)19-18(21)23-13-16-10-6-3-7-11-16/h2-11,14H,12-13H2,1H3,(H,19,21)/t14-/m1/s1. The molecule has 5 nitrogen and oxygen atoms in total. The highest BCUT2D eigenvalue weighted by atomic mass is 16.6. The topological polar surface area (TPSA) is 64.6 Å². The molecule has 23 heavy (non-hydrogen) atoms. The Morgan fingerprint density at radius 3 is 1.87 bits per heavy atom. The lowest BCUT2D eigenvalue weighted by molar-refractivity contribution is -0.146. The maximum Gasteiger partial charge on any atom is 0.408 e. The smallest absolute Gasteiger partial charge is 0.408 e. The van der Waals surface area contributed by atoms with E-state index in [4.69, 9.17) is 9.47 Å². The van der Waals surface area contributed by atoms with Gasteiger partial charge in [-0.05, 0) is 18.1 Å². The van der Waals surface area contributed by atoms with E-state index in [0.717, 1.165) is 11.1 Å². The van der Waals surface area contributed by atoms with E-state index >= 15 is 0 Å². The van der Waals surface area contributed by atoms with Crippen LogP contribution in [0.25, 0.3) is 0 Å². The second-order valence-electron chi connectivity index (χ2n) is 5.02. The Morgan fingerprint density at radius 1 is 0.870 bits per heavy atom. The van der Waals surface area contributed by atoms with Crippen LogP contribution in [0.2, 0.25) is 0 Å². The van der Waals surface area contributed by atoms with Crippen LogP contribution in [0.5, 0.6) is 0 Å². The van der Waals surface area contributed by atoms with E-state index in [0.29, 0.717) is 0 Å². The van der Waals surface area contributed by atoms with E-state index < -0.39 is 18.1 Å². The van der Waals surface area contributed by atoms with Crippen LogP contribution < -0.4 is 5.32 Å². The lowest BCUT2D eigenvalue weighted by atomic mass is 10.2. The molecular weight excluding hydrogens is 294 g/mol. The van der Waals surface area contributed by atoms with E-state index in [1.807, 2.05) is 60.7 Å². The van der Waals surface area contributed by atoms with Gasteiger partial charge in [-0.25, -0.2) is 9.59 Å². The third-order valence-corrected chi connectivity index (χ3v) is 3.12. The highest BCUT2D eigenvalue weighted by Gasteiger charge is 2.17. The number of rotatable bonds is 6. The summed E-state index contributed by atoms with van der Waals surface area (Å²) >= 11 is 0. The van der Waals surface area contributed by atoms with Crippen molar-refractivity contribution in [3.05, 3.63) is 71.8 Å². The molecule has 0 unspecified atom stereocenters. The van der Waals surface area contributed by atoms with Gasteiger partial charge in [-0.1, -0.05) is 60.7 Å². The number of benzene rings is 2. The van der Waals surface area contributed by atoms with Crippen molar-refractivity contribution in [3.63, 3.8) is 0 Å². The van der Waals surface area contributed by atoms with Gasteiger partial charge in [-0.2, -0.15) is 0 Å². The molecule has 0 heterocycles. The molecule has 120 valence electrons. The Balaban J connectivity index is 1.71. The molecule has 0 aliphatic heterocycles. The van der Waals surface area contributed by atoms with Gasteiger partial charge in [0.05, 0.1) is 0 Å². The number of nitrogens with one attached hydrogen (secondary N) is 1. The van der Waals surface area contributed by atoms with Crippen molar-refractivity contribution in [2.45, 2.75) is 26.2 Å². The second kappa shape index (κ2) is 8.58. The molecule has 0 saturated carbocycles. The van der Waals surface area contributed by atoms with E-state index in [2.05, 4.69) is 5.32 Å². The summed E-state index contributed by atoms with van der Waals surface area (Å²) in [6.07, 6.45) is -0.655. The SMILES string of the molecule is C[C@@H](NC(=O)OCc1ccccc1)C(=O)OCc1ccccc1. The molecule has 0 aliphatic rings. The van der Waals surface area contributed by atoms with Crippen molar-refractivity contribution in [1.82, 2.24) is 5.32 Å². The molecule has 5 heteroatoms. The van der Waals surface area contributed by atoms with E-state index in [9.17, 15) is 9.59 Å². The Morgan fingerprint density at radius 2 is 1.35 bits per heavy atom. The fraction of sp³-hybridized carbons (Fsp3) is 0.222. The quantitative estimate of drug-likeness (QED) is 0.833. The van der Waals surface area contributed by atoms with Crippen LogP contribution >= 0.6 is 0 Å². The van der Waals surface area contributed by atoms with Gasteiger partial charge >= 0.3 is 12.1 Å². The number of alkyl carbamates (subject to hydrolysis) is 1. The van der Waals surface area contributed by atoms with Crippen molar-refractivity contribution in [2.24, 2.45) is 0 Å². The largest absolute Gasteiger partial charge is 0.459 e. The lowest BCUT2D eigenvalue weighted by Gasteiger charge is -2.13. The van der Waals surface area contributed by atoms with Crippen LogP contribution in [-0.4, -0.2) is 18.1 Å². The molecule has 0 bridgehead atoms. The van der Waals surface area contributed by atoms with Crippen molar-refractivity contribution in [1.29, 1.82) is 0 Å². The second-order valence-corrected chi connectivity index (χ2v) is 5.02. The number of carbonyl (C=O) groups is 2. The summed E-state index contributed by atoms with van der Waals surface area (Å²) in [7, 11) is 0. The molecule has 0 spiro atoms.